The SMILES string of the molecule is CC(C)CN1CCC(O)(c2ccc3c(n2)CN(C2CCC(=O)NC2=O)C3=O)C(C)(C)C1. The number of nitrogens with zero attached hydrogens (tertiary/aromatic N) is 3. The van der Waals surface area contributed by atoms with Crippen LogP contribution in [0.2, 0.25) is 0 Å². The van der Waals surface area contributed by atoms with E-state index in [-0.39, 0.29) is 24.8 Å². The smallest absolute Gasteiger partial charge is 0.256 e. The van der Waals surface area contributed by atoms with E-state index >= 15 is 0 Å². The molecule has 4 rings (SSSR count). The molecule has 0 saturated carbocycles. The maximum Gasteiger partial charge on any atom is 0.256 e. The van der Waals surface area contributed by atoms with Crippen molar-refractivity contribution in [3.63, 3.8) is 0 Å². The van der Waals surface area contributed by atoms with Crippen LogP contribution >= 0.6 is 0 Å². The minimum absolute atomic E-state index is 0.213. The normalized spacial score (nSPS) is 28.8. The summed E-state index contributed by atoms with van der Waals surface area (Å²) in [6.07, 6.45) is 1.11. The van der Waals surface area contributed by atoms with Gasteiger partial charge in [-0.3, -0.25) is 24.7 Å². The Kier molecular flexibility index (Phi) is 5.42. The summed E-state index contributed by atoms with van der Waals surface area (Å²) < 4.78 is 0. The molecule has 8 heteroatoms. The Morgan fingerprint density at radius 2 is 2.00 bits per heavy atom. The molecule has 0 bridgehead atoms. The first-order chi connectivity index (χ1) is 14.5. The highest BCUT2D eigenvalue weighted by Gasteiger charge is 2.50. The summed E-state index contributed by atoms with van der Waals surface area (Å²) in [5.41, 5.74) is 0.125. The Labute approximate surface area is 183 Å². The summed E-state index contributed by atoms with van der Waals surface area (Å²) in [4.78, 5) is 45.2. The number of carbonyl (C=O) groups excluding carboxylic acids is 3. The molecule has 2 fully saturated rings. The maximum atomic E-state index is 12.9. The van der Waals surface area contributed by atoms with Gasteiger partial charge in [-0.05, 0) is 30.9 Å². The fourth-order valence-corrected chi connectivity index (χ4v) is 5.24. The maximum absolute atomic E-state index is 12.9. The van der Waals surface area contributed by atoms with Crippen LogP contribution in [0, 0.1) is 11.3 Å². The predicted octanol–water partition coefficient (Wildman–Crippen LogP) is 1.42. The molecule has 2 N–H and O–H groups in total. The largest absolute Gasteiger partial charge is 0.383 e. The number of amides is 3. The number of pyridine rings is 1. The number of imide groups is 1. The van der Waals surface area contributed by atoms with E-state index in [1.807, 2.05) is 0 Å². The Morgan fingerprint density at radius 1 is 1.26 bits per heavy atom. The number of aliphatic hydroxyl groups is 1. The number of hydrogen-bond donors (Lipinski definition) is 2. The number of carbonyl (C=O) groups is 3. The van der Waals surface area contributed by atoms with Crippen LogP contribution in [-0.2, 0) is 21.7 Å². The van der Waals surface area contributed by atoms with E-state index in [4.69, 9.17) is 4.98 Å². The molecule has 4 heterocycles. The monoisotopic (exact) mass is 428 g/mol. The number of piperidine rings is 2. The molecule has 0 spiro atoms. The molecule has 168 valence electrons. The van der Waals surface area contributed by atoms with Crippen molar-refractivity contribution in [2.75, 3.05) is 19.6 Å². The van der Waals surface area contributed by atoms with Crippen LogP contribution in [0.1, 0.15) is 68.7 Å². The number of aromatic nitrogens is 1. The Morgan fingerprint density at radius 3 is 2.65 bits per heavy atom. The van der Waals surface area contributed by atoms with E-state index in [2.05, 4.69) is 37.9 Å². The second kappa shape index (κ2) is 7.67. The van der Waals surface area contributed by atoms with Gasteiger partial charge in [-0.15, -0.1) is 0 Å². The Balaban J connectivity index is 1.57. The van der Waals surface area contributed by atoms with Gasteiger partial charge < -0.3 is 14.9 Å². The molecule has 1 aromatic rings. The van der Waals surface area contributed by atoms with Crippen molar-refractivity contribution in [3.05, 3.63) is 29.1 Å². The number of rotatable bonds is 4. The molecule has 0 aromatic carbocycles. The number of hydrogen-bond acceptors (Lipinski definition) is 6. The van der Waals surface area contributed by atoms with Crippen LogP contribution in [0.3, 0.4) is 0 Å². The van der Waals surface area contributed by atoms with Gasteiger partial charge in [0.1, 0.15) is 11.6 Å². The van der Waals surface area contributed by atoms with Gasteiger partial charge in [-0.1, -0.05) is 27.7 Å². The van der Waals surface area contributed by atoms with Crippen LogP contribution in [0.5, 0.6) is 0 Å². The lowest BCUT2D eigenvalue weighted by Gasteiger charge is -2.50. The van der Waals surface area contributed by atoms with Gasteiger partial charge in [-0.25, -0.2) is 0 Å². The lowest BCUT2D eigenvalue weighted by Crippen LogP contribution is -2.56. The van der Waals surface area contributed by atoms with Crippen molar-refractivity contribution in [2.24, 2.45) is 11.3 Å². The predicted molar refractivity (Wildman–Crippen MR) is 114 cm³/mol. The van der Waals surface area contributed by atoms with Gasteiger partial charge in [0, 0.05) is 31.5 Å². The molecular formula is C23H32N4O4. The summed E-state index contributed by atoms with van der Waals surface area (Å²) >= 11 is 0. The molecule has 2 unspecified atom stereocenters. The first kappa shape index (κ1) is 21.9. The highest BCUT2D eigenvalue weighted by molar-refractivity contribution is 6.05. The first-order valence-electron chi connectivity index (χ1n) is 11.1. The fourth-order valence-electron chi connectivity index (χ4n) is 5.24. The molecular weight excluding hydrogens is 396 g/mol. The van der Waals surface area contributed by atoms with Crippen molar-refractivity contribution in [1.29, 1.82) is 0 Å². The highest BCUT2D eigenvalue weighted by Crippen LogP contribution is 2.46. The van der Waals surface area contributed by atoms with Crippen LogP contribution in [0.15, 0.2) is 12.1 Å². The molecule has 3 aliphatic rings. The molecule has 31 heavy (non-hydrogen) atoms. The average molecular weight is 429 g/mol. The van der Waals surface area contributed by atoms with Crippen molar-refractivity contribution >= 4 is 17.7 Å². The van der Waals surface area contributed by atoms with E-state index in [0.717, 1.165) is 19.6 Å². The third-order valence-electron chi connectivity index (χ3n) is 6.95. The van der Waals surface area contributed by atoms with Crippen LogP contribution in [0.4, 0.5) is 0 Å². The van der Waals surface area contributed by atoms with E-state index < -0.39 is 23.0 Å². The van der Waals surface area contributed by atoms with Crippen molar-refractivity contribution in [3.8, 4) is 0 Å². The zero-order valence-electron chi connectivity index (χ0n) is 18.8. The molecule has 0 aliphatic carbocycles. The average Bonchev–Trinajstić information content (AvgIpc) is 3.00. The van der Waals surface area contributed by atoms with Crippen LogP contribution in [-0.4, -0.2) is 63.3 Å². The van der Waals surface area contributed by atoms with Crippen molar-refractivity contribution in [1.82, 2.24) is 20.1 Å². The Hall–Kier alpha value is -2.32. The lowest BCUT2D eigenvalue weighted by atomic mass is 9.68. The molecule has 2 saturated heterocycles. The Bertz CT molecular complexity index is 928. The van der Waals surface area contributed by atoms with Crippen molar-refractivity contribution in [2.45, 2.75) is 65.1 Å². The first-order valence-corrected chi connectivity index (χ1v) is 11.1. The van der Waals surface area contributed by atoms with Gasteiger partial charge in [0.25, 0.3) is 5.91 Å². The van der Waals surface area contributed by atoms with Gasteiger partial charge in [0.2, 0.25) is 11.8 Å². The van der Waals surface area contributed by atoms with Crippen molar-refractivity contribution < 1.29 is 19.5 Å². The standard InChI is InChI=1S/C23H32N4O4/c1-14(2)11-26-10-9-23(31,22(3,4)13-26)18-7-5-15-16(24-18)12-27(21(15)30)17-6-8-19(28)25-20(17)29/h5,7,14,17,31H,6,8-13H2,1-4H3,(H,25,28,29). The number of fused-ring (bicyclic) bond motifs is 1. The second-order valence-corrected chi connectivity index (χ2v) is 10.2. The quantitative estimate of drug-likeness (QED) is 0.703. The summed E-state index contributed by atoms with van der Waals surface area (Å²) in [6, 6.07) is 2.81. The van der Waals surface area contributed by atoms with E-state index in [1.165, 1.54) is 4.90 Å². The minimum atomic E-state index is -1.10. The van der Waals surface area contributed by atoms with Gasteiger partial charge in [0.15, 0.2) is 0 Å². The van der Waals surface area contributed by atoms with Crippen LogP contribution in [0.25, 0.3) is 0 Å². The minimum Gasteiger partial charge on any atom is -0.383 e. The highest BCUT2D eigenvalue weighted by atomic mass is 16.3. The number of likely N-dealkylation sites (tertiary alicyclic amines) is 1. The second-order valence-electron chi connectivity index (χ2n) is 10.2. The summed E-state index contributed by atoms with van der Waals surface area (Å²) in [6.45, 7) is 11.3. The summed E-state index contributed by atoms with van der Waals surface area (Å²) in [5, 5.41) is 14.0. The summed E-state index contributed by atoms with van der Waals surface area (Å²) in [5.74, 6) is -0.431. The third kappa shape index (κ3) is 3.76. The summed E-state index contributed by atoms with van der Waals surface area (Å²) in [7, 11) is 0. The van der Waals surface area contributed by atoms with E-state index in [1.54, 1.807) is 12.1 Å². The lowest BCUT2D eigenvalue weighted by molar-refractivity contribution is -0.137. The van der Waals surface area contributed by atoms with E-state index in [9.17, 15) is 19.5 Å². The molecule has 3 aliphatic heterocycles. The fraction of sp³-hybridized carbons (Fsp3) is 0.652. The molecule has 2 atom stereocenters. The molecule has 0 radical (unpaired) electrons. The number of nitrogens with one attached hydrogen (secondary N) is 1. The van der Waals surface area contributed by atoms with Gasteiger partial charge in [0.05, 0.1) is 23.5 Å². The van der Waals surface area contributed by atoms with E-state index in [0.29, 0.717) is 35.7 Å². The molecule has 3 amide bonds. The third-order valence-corrected chi connectivity index (χ3v) is 6.95. The van der Waals surface area contributed by atoms with Gasteiger partial charge >= 0.3 is 0 Å². The zero-order chi connectivity index (χ0) is 22.6. The molecule has 1 aromatic heterocycles. The topological polar surface area (TPSA) is 103 Å². The molecule has 8 nitrogen and oxygen atoms in total. The zero-order valence-corrected chi connectivity index (χ0v) is 18.8. The van der Waals surface area contributed by atoms with Crippen LogP contribution < -0.4 is 5.32 Å². The van der Waals surface area contributed by atoms with Gasteiger partial charge in [-0.2, -0.15) is 0 Å².